The van der Waals surface area contributed by atoms with Gasteiger partial charge in [0.05, 0.1) is 5.60 Å². The van der Waals surface area contributed by atoms with E-state index < -0.39 is 5.60 Å². The van der Waals surface area contributed by atoms with Crippen LogP contribution in [-0.4, -0.2) is 23.3 Å². The smallest absolute Gasteiger partial charge is 0.0830 e. The summed E-state index contributed by atoms with van der Waals surface area (Å²) in [5.41, 5.74) is -0.408. The van der Waals surface area contributed by atoms with Crippen LogP contribution in [0.2, 0.25) is 0 Å². The quantitative estimate of drug-likeness (QED) is 0.659. The second-order valence-corrected chi connectivity index (χ2v) is 3.97. The lowest BCUT2D eigenvalue weighted by molar-refractivity contribution is 0.0304. The van der Waals surface area contributed by atoms with Crippen LogP contribution in [0, 0.1) is 0 Å². The minimum absolute atomic E-state index is 0.0122. The van der Waals surface area contributed by atoms with Crippen LogP contribution >= 0.6 is 0 Å². The SMILES string of the molecule is CCCC(CC)(NC)C1(O)CC1. The summed E-state index contributed by atoms with van der Waals surface area (Å²) < 4.78 is 0. The maximum Gasteiger partial charge on any atom is 0.0830 e. The van der Waals surface area contributed by atoms with E-state index in [0.717, 1.165) is 32.1 Å². The molecule has 1 fully saturated rings. The minimum atomic E-state index is -0.396. The van der Waals surface area contributed by atoms with E-state index >= 15 is 0 Å². The molecule has 0 amide bonds. The Balaban J connectivity index is 2.69. The summed E-state index contributed by atoms with van der Waals surface area (Å²) in [4.78, 5) is 0. The zero-order valence-corrected chi connectivity index (χ0v) is 8.48. The molecule has 0 aromatic heterocycles. The Hall–Kier alpha value is -0.0800. The van der Waals surface area contributed by atoms with Gasteiger partial charge in [-0.3, -0.25) is 0 Å². The van der Waals surface area contributed by atoms with Gasteiger partial charge in [-0.25, -0.2) is 0 Å². The van der Waals surface area contributed by atoms with E-state index in [2.05, 4.69) is 19.2 Å². The Morgan fingerprint density at radius 1 is 1.42 bits per heavy atom. The summed E-state index contributed by atoms with van der Waals surface area (Å²) in [6.45, 7) is 4.33. The summed E-state index contributed by atoms with van der Waals surface area (Å²) in [6.07, 6.45) is 5.19. The Morgan fingerprint density at radius 3 is 2.25 bits per heavy atom. The molecule has 2 N–H and O–H groups in total. The molecule has 0 aliphatic heterocycles. The van der Waals surface area contributed by atoms with Crippen LogP contribution in [0.1, 0.15) is 46.0 Å². The third-order valence-corrected chi connectivity index (χ3v) is 3.37. The minimum Gasteiger partial charge on any atom is -0.388 e. The van der Waals surface area contributed by atoms with Crippen LogP contribution in [0.4, 0.5) is 0 Å². The van der Waals surface area contributed by atoms with Crippen LogP contribution in [0.3, 0.4) is 0 Å². The van der Waals surface area contributed by atoms with E-state index in [4.69, 9.17) is 0 Å². The number of nitrogens with one attached hydrogen (secondary N) is 1. The van der Waals surface area contributed by atoms with Crippen molar-refractivity contribution < 1.29 is 5.11 Å². The molecule has 2 nitrogen and oxygen atoms in total. The van der Waals surface area contributed by atoms with Crippen molar-refractivity contribution >= 4 is 0 Å². The van der Waals surface area contributed by atoms with Gasteiger partial charge in [0.15, 0.2) is 0 Å². The lowest BCUT2D eigenvalue weighted by Crippen LogP contribution is -2.54. The highest BCUT2D eigenvalue weighted by molar-refractivity contribution is 5.13. The molecule has 0 radical (unpaired) electrons. The highest BCUT2D eigenvalue weighted by Crippen LogP contribution is 2.48. The fourth-order valence-corrected chi connectivity index (χ4v) is 2.30. The Morgan fingerprint density at radius 2 is 2.00 bits per heavy atom. The standard InChI is InChI=1S/C10H21NO/c1-4-6-9(5-2,11-3)10(12)7-8-10/h11-12H,4-8H2,1-3H3. The fraction of sp³-hybridized carbons (Fsp3) is 1.00. The van der Waals surface area contributed by atoms with Gasteiger partial charge >= 0.3 is 0 Å². The first-order chi connectivity index (χ1) is 5.64. The molecule has 1 atom stereocenters. The van der Waals surface area contributed by atoms with Crippen molar-refractivity contribution in [2.24, 2.45) is 0 Å². The molecule has 12 heavy (non-hydrogen) atoms. The number of likely N-dealkylation sites (N-methyl/N-ethyl adjacent to an activating group) is 1. The first-order valence-electron chi connectivity index (χ1n) is 5.05. The third-order valence-electron chi connectivity index (χ3n) is 3.37. The van der Waals surface area contributed by atoms with Gasteiger partial charge in [-0.2, -0.15) is 0 Å². The van der Waals surface area contributed by atoms with Crippen LogP contribution < -0.4 is 5.32 Å². The highest BCUT2D eigenvalue weighted by atomic mass is 16.3. The first kappa shape index (κ1) is 10.0. The molecule has 0 heterocycles. The van der Waals surface area contributed by atoms with Gasteiger partial charge in [-0.15, -0.1) is 0 Å². The number of hydrogen-bond acceptors (Lipinski definition) is 2. The van der Waals surface area contributed by atoms with Gasteiger partial charge in [0.1, 0.15) is 0 Å². The molecule has 2 heteroatoms. The lowest BCUT2D eigenvalue weighted by atomic mass is 9.83. The summed E-state index contributed by atoms with van der Waals surface area (Å²) in [7, 11) is 1.97. The molecular weight excluding hydrogens is 150 g/mol. The molecular formula is C10H21NO. The van der Waals surface area contributed by atoms with Crippen molar-refractivity contribution in [1.29, 1.82) is 0 Å². The molecule has 1 aliphatic carbocycles. The summed E-state index contributed by atoms with van der Waals surface area (Å²) in [5.74, 6) is 0. The van der Waals surface area contributed by atoms with Gasteiger partial charge in [-0.05, 0) is 32.7 Å². The van der Waals surface area contributed by atoms with Crippen LogP contribution in [0.5, 0.6) is 0 Å². The van der Waals surface area contributed by atoms with E-state index in [1.807, 2.05) is 7.05 Å². The Kier molecular flexibility index (Phi) is 2.79. The largest absolute Gasteiger partial charge is 0.388 e. The molecule has 1 rings (SSSR count). The second-order valence-electron chi connectivity index (χ2n) is 3.97. The summed E-state index contributed by atoms with van der Waals surface area (Å²) >= 11 is 0. The molecule has 1 aliphatic rings. The molecule has 0 bridgehead atoms. The van der Waals surface area contributed by atoms with Crippen molar-refractivity contribution in [3.63, 3.8) is 0 Å². The first-order valence-corrected chi connectivity index (χ1v) is 5.05. The summed E-state index contributed by atoms with van der Waals surface area (Å²) in [5, 5.41) is 13.4. The number of aliphatic hydroxyl groups is 1. The molecule has 72 valence electrons. The van der Waals surface area contributed by atoms with Crippen molar-refractivity contribution in [2.75, 3.05) is 7.05 Å². The van der Waals surface area contributed by atoms with E-state index in [1.54, 1.807) is 0 Å². The zero-order valence-electron chi connectivity index (χ0n) is 8.48. The van der Waals surface area contributed by atoms with E-state index in [-0.39, 0.29) is 5.54 Å². The van der Waals surface area contributed by atoms with E-state index in [1.165, 1.54) is 0 Å². The molecule has 0 aromatic carbocycles. The predicted octanol–water partition coefficient (Wildman–Crippen LogP) is 1.68. The predicted molar refractivity (Wildman–Crippen MR) is 51.2 cm³/mol. The molecule has 0 saturated heterocycles. The van der Waals surface area contributed by atoms with Gasteiger partial charge in [0.25, 0.3) is 0 Å². The lowest BCUT2D eigenvalue weighted by Gasteiger charge is -2.37. The zero-order chi connectivity index (χ0) is 9.24. The van der Waals surface area contributed by atoms with Crippen LogP contribution in [0.15, 0.2) is 0 Å². The average Bonchev–Trinajstić information content (AvgIpc) is 2.81. The van der Waals surface area contributed by atoms with E-state index in [9.17, 15) is 5.11 Å². The second kappa shape index (κ2) is 3.35. The molecule has 1 saturated carbocycles. The van der Waals surface area contributed by atoms with E-state index in [0.29, 0.717) is 0 Å². The van der Waals surface area contributed by atoms with Crippen LogP contribution in [-0.2, 0) is 0 Å². The van der Waals surface area contributed by atoms with Crippen LogP contribution in [0.25, 0.3) is 0 Å². The third kappa shape index (κ3) is 1.38. The maximum atomic E-state index is 10.1. The van der Waals surface area contributed by atoms with Gasteiger partial charge in [-0.1, -0.05) is 20.3 Å². The molecule has 1 unspecified atom stereocenters. The van der Waals surface area contributed by atoms with Gasteiger partial charge in [0, 0.05) is 5.54 Å². The monoisotopic (exact) mass is 171 g/mol. The number of rotatable bonds is 5. The van der Waals surface area contributed by atoms with Crippen molar-refractivity contribution in [3.8, 4) is 0 Å². The van der Waals surface area contributed by atoms with Crippen molar-refractivity contribution in [3.05, 3.63) is 0 Å². The fourth-order valence-electron chi connectivity index (χ4n) is 2.30. The molecule has 0 spiro atoms. The topological polar surface area (TPSA) is 32.3 Å². The van der Waals surface area contributed by atoms with Crippen molar-refractivity contribution in [1.82, 2.24) is 5.32 Å². The number of hydrogen-bond donors (Lipinski definition) is 2. The maximum absolute atomic E-state index is 10.1. The van der Waals surface area contributed by atoms with Gasteiger partial charge < -0.3 is 10.4 Å². The Bertz CT molecular complexity index is 148. The Labute approximate surface area is 75.4 Å². The van der Waals surface area contributed by atoms with Crippen molar-refractivity contribution in [2.45, 2.75) is 57.1 Å². The summed E-state index contributed by atoms with van der Waals surface area (Å²) in [6, 6.07) is 0. The average molecular weight is 171 g/mol. The normalized spacial score (nSPS) is 25.0. The highest BCUT2D eigenvalue weighted by Gasteiger charge is 2.55. The molecule has 0 aromatic rings. The van der Waals surface area contributed by atoms with Gasteiger partial charge in [0.2, 0.25) is 0 Å².